The number of rotatable bonds is 3. The lowest BCUT2D eigenvalue weighted by Crippen LogP contribution is -2.32. The number of nitrogens with zero attached hydrogens (tertiary/aromatic N) is 4. The molecule has 1 aliphatic heterocycles. The maximum Gasteiger partial charge on any atom is 0.307 e. The van der Waals surface area contributed by atoms with E-state index in [0.717, 1.165) is 48.8 Å². The lowest BCUT2D eigenvalue weighted by Gasteiger charge is -2.27. The Labute approximate surface area is 125 Å². The van der Waals surface area contributed by atoms with Crippen molar-refractivity contribution in [1.82, 2.24) is 19.8 Å². The van der Waals surface area contributed by atoms with Crippen LogP contribution in [0.5, 0.6) is 0 Å². The molecule has 1 aromatic rings. The summed E-state index contributed by atoms with van der Waals surface area (Å²) in [4.78, 5) is 24.7. The van der Waals surface area contributed by atoms with Crippen molar-refractivity contribution < 1.29 is 9.90 Å². The molecule has 0 amide bonds. The van der Waals surface area contributed by atoms with Crippen LogP contribution in [0.4, 0.5) is 0 Å². The lowest BCUT2D eigenvalue weighted by atomic mass is 10.1. The van der Waals surface area contributed by atoms with E-state index in [1.54, 1.807) is 0 Å². The van der Waals surface area contributed by atoms with Gasteiger partial charge in [-0.05, 0) is 47.5 Å². The third-order valence-corrected chi connectivity index (χ3v) is 4.13. The van der Waals surface area contributed by atoms with Crippen LogP contribution in [0.2, 0.25) is 0 Å². The number of hydrogen-bond acceptors (Lipinski definition) is 5. The molecule has 0 aromatic carbocycles. The Morgan fingerprint density at radius 2 is 1.86 bits per heavy atom. The highest BCUT2D eigenvalue weighted by Gasteiger charge is 2.25. The van der Waals surface area contributed by atoms with Crippen LogP contribution >= 0.6 is 0 Å². The van der Waals surface area contributed by atoms with Gasteiger partial charge in [-0.1, -0.05) is 0 Å². The fourth-order valence-electron chi connectivity index (χ4n) is 2.87. The van der Waals surface area contributed by atoms with Crippen molar-refractivity contribution in [1.29, 1.82) is 0 Å². The molecule has 2 heterocycles. The summed E-state index contributed by atoms with van der Waals surface area (Å²) < 4.78 is 0. The molecule has 1 fully saturated rings. The SMILES string of the molecule is Cc1nc(C2CN(C)CCCN2C)nc(C)c1CC(=O)O. The average Bonchev–Trinajstić information content (AvgIpc) is 2.55. The van der Waals surface area contributed by atoms with Crippen LogP contribution in [-0.4, -0.2) is 64.6 Å². The Bertz CT molecular complexity index is 509. The molecule has 2 rings (SSSR count). The maximum absolute atomic E-state index is 10.9. The summed E-state index contributed by atoms with van der Waals surface area (Å²) >= 11 is 0. The summed E-state index contributed by atoms with van der Waals surface area (Å²) in [7, 11) is 4.22. The standard InChI is InChI=1S/C15H24N4O2/c1-10-12(8-14(20)21)11(2)17-15(16-10)13-9-18(3)6-5-7-19(13)4/h13H,5-9H2,1-4H3,(H,20,21). The lowest BCUT2D eigenvalue weighted by molar-refractivity contribution is -0.136. The molecular weight excluding hydrogens is 268 g/mol. The third kappa shape index (κ3) is 3.77. The Morgan fingerprint density at radius 1 is 1.24 bits per heavy atom. The van der Waals surface area contributed by atoms with E-state index in [-0.39, 0.29) is 12.5 Å². The zero-order valence-corrected chi connectivity index (χ0v) is 13.3. The minimum Gasteiger partial charge on any atom is -0.481 e. The van der Waals surface area contributed by atoms with Gasteiger partial charge in [-0.15, -0.1) is 0 Å². The van der Waals surface area contributed by atoms with Crippen LogP contribution in [0.3, 0.4) is 0 Å². The Balaban J connectivity index is 2.33. The third-order valence-electron chi connectivity index (χ3n) is 4.13. The summed E-state index contributed by atoms with van der Waals surface area (Å²) in [6.45, 7) is 6.74. The quantitative estimate of drug-likeness (QED) is 0.897. The maximum atomic E-state index is 10.9. The number of hydrogen-bond donors (Lipinski definition) is 1. The number of likely N-dealkylation sites (N-methyl/N-ethyl adjacent to an activating group) is 2. The molecule has 1 unspecified atom stereocenters. The van der Waals surface area contributed by atoms with Gasteiger partial charge in [0, 0.05) is 23.5 Å². The van der Waals surface area contributed by atoms with E-state index in [1.807, 2.05) is 13.8 Å². The molecule has 1 N–H and O–H groups in total. The molecule has 1 saturated heterocycles. The van der Waals surface area contributed by atoms with Crippen molar-refractivity contribution in [3.63, 3.8) is 0 Å². The first-order chi connectivity index (χ1) is 9.88. The van der Waals surface area contributed by atoms with Crippen molar-refractivity contribution in [2.45, 2.75) is 32.7 Å². The predicted octanol–water partition coefficient (Wildman–Crippen LogP) is 1.03. The molecule has 0 saturated carbocycles. The molecule has 0 bridgehead atoms. The average molecular weight is 292 g/mol. The van der Waals surface area contributed by atoms with Gasteiger partial charge in [0.1, 0.15) is 5.82 Å². The number of carbonyl (C=O) groups is 1. The fourth-order valence-corrected chi connectivity index (χ4v) is 2.87. The molecule has 1 aliphatic rings. The van der Waals surface area contributed by atoms with Crippen molar-refractivity contribution >= 4 is 5.97 Å². The second-order valence-electron chi connectivity index (χ2n) is 5.91. The van der Waals surface area contributed by atoms with Gasteiger partial charge >= 0.3 is 5.97 Å². The minimum atomic E-state index is -0.844. The molecule has 0 spiro atoms. The van der Waals surface area contributed by atoms with E-state index in [9.17, 15) is 4.79 Å². The van der Waals surface area contributed by atoms with Gasteiger partial charge < -0.3 is 10.0 Å². The van der Waals surface area contributed by atoms with Gasteiger partial charge in [-0.3, -0.25) is 9.69 Å². The predicted molar refractivity (Wildman–Crippen MR) is 80.3 cm³/mol. The van der Waals surface area contributed by atoms with Crippen LogP contribution in [-0.2, 0) is 11.2 Å². The van der Waals surface area contributed by atoms with Crippen LogP contribution in [0, 0.1) is 13.8 Å². The van der Waals surface area contributed by atoms with Crippen molar-refractivity contribution in [3.05, 3.63) is 22.8 Å². The van der Waals surface area contributed by atoms with Gasteiger partial charge in [0.05, 0.1) is 12.5 Å². The zero-order valence-electron chi connectivity index (χ0n) is 13.3. The number of carboxylic acids is 1. The molecule has 116 valence electrons. The van der Waals surface area contributed by atoms with Crippen LogP contribution in [0.1, 0.15) is 35.2 Å². The topological polar surface area (TPSA) is 69.6 Å². The van der Waals surface area contributed by atoms with Crippen molar-refractivity contribution in [3.8, 4) is 0 Å². The van der Waals surface area contributed by atoms with Crippen molar-refractivity contribution in [2.75, 3.05) is 33.7 Å². The summed E-state index contributed by atoms with van der Waals surface area (Å²) in [5.41, 5.74) is 2.29. The highest BCUT2D eigenvalue weighted by atomic mass is 16.4. The number of aryl methyl sites for hydroxylation is 2. The second kappa shape index (κ2) is 6.49. The van der Waals surface area contributed by atoms with E-state index in [4.69, 9.17) is 5.11 Å². The Hall–Kier alpha value is -1.53. The molecule has 6 heteroatoms. The largest absolute Gasteiger partial charge is 0.481 e. The van der Waals surface area contributed by atoms with E-state index in [2.05, 4.69) is 33.9 Å². The summed E-state index contributed by atoms with van der Waals surface area (Å²) in [5, 5.41) is 8.98. The summed E-state index contributed by atoms with van der Waals surface area (Å²) in [6, 6.07) is 0.161. The minimum absolute atomic E-state index is 0.0155. The molecule has 21 heavy (non-hydrogen) atoms. The van der Waals surface area contributed by atoms with E-state index < -0.39 is 5.97 Å². The van der Waals surface area contributed by atoms with Gasteiger partial charge in [0.2, 0.25) is 0 Å². The number of carboxylic acid groups (broad SMARTS) is 1. The van der Waals surface area contributed by atoms with E-state index in [1.165, 1.54) is 0 Å². The second-order valence-corrected chi connectivity index (χ2v) is 5.91. The first kappa shape index (κ1) is 15.9. The highest BCUT2D eigenvalue weighted by molar-refractivity contribution is 5.70. The summed E-state index contributed by atoms with van der Waals surface area (Å²) in [6.07, 6.45) is 1.12. The molecular formula is C15H24N4O2. The van der Waals surface area contributed by atoms with Crippen LogP contribution in [0.15, 0.2) is 0 Å². The van der Waals surface area contributed by atoms with E-state index >= 15 is 0 Å². The van der Waals surface area contributed by atoms with E-state index in [0.29, 0.717) is 0 Å². The van der Waals surface area contributed by atoms with Crippen molar-refractivity contribution in [2.24, 2.45) is 0 Å². The van der Waals surface area contributed by atoms with Crippen LogP contribution < -0.4 is 0 Å². The fraction of sp³-hybridized carbons (Fsp3) is 0.667. The monoisotopic (exact) mass is 292 g/mol. The van der Waals surface area contributed by atoms with Gasteiger partial charge in [-0.2, -0.15) is 0 Å². The molecule has 0 radical (unpaired) electrons. The molecule has 6 nitrogen and oxygen atoms in total. The van der Waals surface area contributed by atoms with Gasteiger partial charge in [-0.25, -0.2) is 9.97 Å². The van der Waals surface area contributed by atoms with Gasteiger partial charge in [0.15, 0.2) is 0 Å². The van der Waals surface area contributed by atoms with Gasteiger partial charge in [0.25, 0.3) is 0 Å². The summed E-state index contributed by atoms with van der Waals surface area (Å²) in [5.74, 6) is -0.0424. The Kier molecular flexibility index (Phi) is 4.90. The molecule has 0 aliphatic carbocycles. The number of aromatic nitrogens is 2. The number of aliphatic carboxylic acids is 1. The highest BCUT2D eigenvalue weighted by Crippen LogP contribution is 2.22. The molecule has 1 aromatic heterocycles. The molecule has 1 atom stereocenters. The smallest absolute Gasteiger partial charge is 0.307 e. The normalized spacial score (nSPS) is 21.2. The zero-order chi connectivity index (χ0) is 15.6. The first-order valence-corrected chi connectivity index (χ1v) is 7.33. The van der Waals surface area contributed by atoms with Crippen LogP contribution in [0.25, 0.3) is 0 Å². The Morgan fingerprint density at radius 3 is 2.43 bits per heavy atom. The first-order valence-electron chi connectivity index (χ1n) is 7.33.